The molecule has 2 amide bonds. The summed E-state index contributed by atoms with van der Waals surface area (Å²) in [6.07, 6.45) is -0.324. The molecule has 2 heterocycles. The molecule has 18 nitrogen and oxygen atoms in total. The number of hydrogen-bond acceptors (Lipinski definition) is 12. The van der Waals surface area contributed by atoms with Crippen molar-refractivity contribution < 1.29 is 68.9 Å². The van der Waals surface area contributed by atoms with E-state index in [2.05, 4.69) is 0 Å². The maximum absolute atomic E-state index is 11.7. The van der Waals surface area contributed by atoms with Gasteiger partial charge in [0.25, 0.3) is 0 Å². The first-order valence-corrected chi connectivity index (χ1v) is 13.6. The van der Waals surface area contributed by atoms with Crippen molar-refractivity contribution in [2.75, 3.05) is 39.3 Å². The van der Waals surface area contributed by atoms with E-state index in [4.69, 9.17) is 60.5 Å². The number of hydrogen-bond donors (Lipinski definition) is 8. The van der Waals surface area contributed by atoms with Crippen molar-refractivity contribution in [3.8, 4) is 0 Å². The van der Waals surface area contributed by atoms with Crippen LogP contribution in [-0.4, -0.2) is 139 Å². The summed E-state index contributed by atoms with van der Waals surface area (Å²) in [7, 11) is 0. The van der Waals surface area contributed by atoms with Gasteiger partial charge in [-0.05, 0) is 67.5 Å². The molecule has 2 fully saturated rings. The van der Waals surface area contributed by atoms with Gasteiger partial charge in [0.1, 0.15) is 11.2 Å². The zero-order valence-electron chi connectivity index (χ0n) is 26.0. The molecule has 0 radical (unpaired) electrons. The average Bonchev–Trinajstić information content (AvgIpc) is 2.87. The highest BCUT2D eigenvalue weighted by Gasteiger charge is 2.32. The van der Waals surface area contributed by atoms with E-state index in [1.807, 2.05) is 41.5 Å². The summed E-state index contributed by atoms with van der Waals surface area (Å²) < 4.78 is 10.5. The van der Waals surface area contributed by atoms with Crippen LogP contribution in [0.1, 0.15) is 54.4 Å². The molecule has 0 aromatic carbocycles. The fourth-order valence-corrected chi connectivity index (χ4v) is 3.49. The van der Waals surface area contributed by atoms with Crippen molar-refractivity contribution in [1.29, 1.82) is 0 Å². The van der Waals surface area contributed by atoms with E-state index < -0.39 is 47.3 Å². The van der Waals surface area contributed by atoms with Crippen LogP contribution in [0.2, 0.25) is 0 Å². The minimum Gasteiger partial charge on any atom is -0.473 e. The molecule has 18 heteroatoms. The Bertz CT molecular complexity index is 863. The molecular formula is C26H48N4O14. The van der Waals surface area contributed by atoms with Gasteiger partial charge in [-0.25, -0.2) is 28.8 Å². The van der Waals surface area contributed by atoms with Crippen LogP contribution in [0, 0.1) is 11.8 Å². The number of likely N-dealkylation sites (tertiary alicyclic amines) is 2. The third-order valence-corrected chi connectivity index (χ3v) is 5.72. The lowest BCUT2D eigenvalue weighted by Crippen LogP contribution is -2.49. The van der Waals surface area contributed by atoms with Crippen molar-refractivity contribution in [3.05, 3.63) is 0 Å². The molecule has 0 aliphatic carbocycles. The van der Waals surface area contributed by atoms with Crippen molar-refractivity contribution in [3.63, 3.8) is 0 Å². The average molecular weight is 641 g/mol. The van der Waals surface area contributed by atoms with Crippen LogP contribution >= 0.6 is 0 Å². The van der Waals surface area contributed by atoms with Gasteiger partial charge in [0.2, 0.25) is 0 Å². The van der Waals surface area contributed by atoms with Gasteiger partial charge in [-0.2, -0.15) is 0 Å². The zero-order valence-corrected chi connectivity index (χ0v) is 26.0. The zero-order chi connectivity index (χ0) is 35.0. The van der Waals surface area contributed by atoms with Crippen LogP contribution in [0.15, 0.2) is 0 Å². The topological polar surface area (TPSA) is 301 Å². The second-order valence-electron chi connectivity index (χ2n) is 11.8. The van der Waals surface area contributed by atoms with E-state index in [1.165, 1.54) is 0 Å². The highest BCUT2D eigenvalue weighted by molar-refractivity contribution is 6.27. The molecule has 2 rings (SSSR count). The molecule has 2 aliphatic heterocycles. The van der Waals surface area contributed by atoms with E-state index >= 15 is 0 Å². The number of amides is 2. The standard InChI is InChI=1S/2C11H22N2O3.2C2H2O4/c2*1-11(2,3)16-10(15)13-5-4-8(6-12)9(14)7-13;2*3-1(4)2(5)6/h2*8-9,14H,4-7,12H2,1-3H3;2*(H,3,4)(H,5,6)/t2*8-,9-;;/m10../s1. The van der Waals surface area contributed by atoms with Crippen LogP contribution in [0.3, 0.4) is 0 Å². The van der Waals surface area contributed by atoms with Crippen LogP contribution in [0.25, 0.3) is 0 Å². The smallest absolute Gasteiger partial charge is 0.414 e. The number of rotatable bonds is 2. The van der Waals surface area contributed by atoms with Crippen LogP contribution in [-0.2, 0) is 28.7 Å². The molecule has 0 unspecified atom stereocenters. The number of carboxylic acids is 4. The first kappa shape index (κ1) is 42.4. The predicted molar refractivity (Wildman–Crippen MR) is 152 cm³/mol. The van der Waals surface area contributed by atoms with Crippen LogP contribution < -0.4 is 11.5 Å². The lowest BCUT2D eigenvalue weighted by atomic mass is 9.94. The maximum Gasteiger partial charge on any atom is 0.414 e. The molecule has 2 saturated heterocycles. The number of nitrogens with two attached hydrogens (primary N) is 2. The summed E-state index contributed by atoms with van der Waals surface area (Å²) in [6, 6.07) is 0. The molecule has 0 saturated carbocycles. The Morgan fingerprint density at radius 1 is 0.614 bits per heavy atom. The Kier molecular flexibility index (Phi) is 18.8. The number of β-amino-alcohol motifs (C(OH)–C–C–N with tert-alkyl or cyclic N) is 2. The van der Waals surface area contributed by atoms with Crippen LogP contribution in [0.5, 0.6) is 0 Å². The number of nitrogens with zero attached hydrogens (tertiary/aromatic N) is 2. The molecule has 44 heavy (non-hydrogen) atoms. The number of carbonyl (C=O) groups is 6. The van der Waals surface area contributed by atoms with Gasteiger partial charge in [-0.1, -0.05) is 0 Å². The predicted octanol–water partition coefficient (Wildman–Crippen LogP) is -0.563. The van der Waals surface area contributed by atoms with E-state index in [0.717, 1.165) is 12.8 Å². The third-order valence-electron chi connectivity index (χ3n) is 5.72. The second kappa shape index (κ2) is 19.5. The second-order valence-corrected chi connectivity index (χ2v) is 11.8. The number of aliphatic hydroxyl groups excluding tert-OH is 2. The largest absolute Gasteiger partial charge is 0.473 e. The fourth-order valence-electron chi connectivity index (χ4n) is 3.49. The molecule has 4 atom stereocenters. The lowest BCUT2D eigenvalue weighted by molar-refractivity contribution is -0.159. The SMILES string of the molecule is CC(C)(C)OC(=O)N1CC[C@@H](CN)[C@@H](O)C1.CC(C)(C)OC(=O)N1CC[C@H](CN)[C@H](O)C1.O=C(O)C(=O)O.O=C(O)C(=O)O. The van der Waals surface area contributed by atoms with E-state index in [-0.39, 0.29) is 24.0 Å². The number of aliphatic carboxylic acids is 4. The maximum atomic E-state index is 11.7. The number of carboxylic acid groups (broad SMARTS) is 4. The highest BCUT2D eigenvalue weighted by atomic mass is 16.6. The lowest BCUT2D eigenvalue weighted by Gasteiger charge is -2.36. The van der Waals surface area contributed by atoms with Gasteiger partial charge in [-0.15, -0.1) is 0 Å². The number of ether oxygens (including phenoxy) is 2. The Morgan fingerprint density at radius 3 is 1.02 bits per heavy atom. The summed E-state index contributed by atoms with van der Waals surface area (Å²) in [4.78, 5) is 62.9. The first-order chi connectivity index (χ1) is 19.9. The first-order valence-electron chi connectivity index (χ1n) is 13.6. The van der Waals surface area contributed by atoms with Crippen molar-refractivity contribution in [1.82, 2.24) is 9.80 Å². The monoisotopic (exact) mass is 640 g/mol. The van der Waals surface area contributed by atoms with E-state index in [1.54, 1.807) is 9.80 Å². The normalized spacial score (nSPS) is 21.4. The Labute approximate surface area is 255 Å². The quantitative estimate of drug-likeness (QED) is 0.175. The fraction of sp³-hybridized carbons (Fsp3) is 0.769. The molecule has 256 valence electrons. The summed E-state index contributed by atoms with van der Waals surface area (Å²) in [5, 5.41) is 49.1. The summed E-state index contributed by atoms with van der Waals surface area (Å²) in [5.41, 5.74) is 10.1. The number of carbonyl (C=O) groups excluding carboxylic acids is 2. The molecular weight excluding hydrogens is 592 g/mol. The summed E-state index contributed by atoms with van der Waals surface area (Å²) in [6.45, 7) is 13.7. The molecule has 10 N–H and O–H groups in total. The molecule has 0 aromatic rings. The van der Waals surface area contributed by atoms with Gasteiger partial charge in [0.05, 0.1) is 25.3 Å². The molecule has 0 spiro atoms. The van der Waals surface area contributed by atoms with Crippen molar-refractivity contribution in [2.24, 2.45) is 23.3 Å². The van der Waals surface area contributed by atoms with Gasteiger partial charge < -0.3 is 61.4 Å². The van der Waals surface area contributed by atoms with Crippen molar-refractivity contribution in [2.45, 2.75) is 77.8 Å². The number of piperidine rings is 2. The van der Waals surface area contributed by atoms with Gasteiger partial charge in [-0.3, -0.25) is 0 Å². The minimum absolute atomic E-state index is 0.0960. The highest BCUT2D eigenvalue weighted by Crippen LogP contribution is 2.20. The minimum atomic E-state index is -1.82. The Balaban J connectivity index is 0. The Hall–Kier alpha value is -3.74. The number of aliphatic hydroxyl groups is 2. The van der Waals surface area contributed by atoms with Crippen LogP contribution in [0.4, 0.5) is 9.59 Å². The van der Waals surface area contributed by atoms with E-state index in [9.17, 15) is 19.8 Å². The van der Waals surface area contributed by atoms with Gasteiger partial charge in [0, 0.05) is 24.9 Å². The van der Waals surface area contributed by atoms with E-state index in [0.29, 0.717) is 39.3 Å². The summed E-state index contributed by atoms with van der Waals surface area (Å²) in [5.74, 6) is -7.10. The summed E-state index contributed by atoms with van der Waals surface area (Å²) >= 11 is 0. The molecule has 0 bridgehead atoms. The molecule has 2 aliphatic rings. The Morgan fingerprint density at radius 2 is 0.864 bits per heavy atom. The molecule has 0 aromatic heterocycles. The van der Waals surface area contributed by atoms with Gasteiger partial charge >= 0.3 is 36.1 Å². The van der Waals surface area contributed by atoms with Crippen molar-refractivity contribution >= 4 is 36.1 Å². The van der Waals surface area contributed by atoms with Gasteiger partial charge in [0.15, 0.2) is 0 Å². The third kappa shape index (κ3) is 19.4.